The van der Waals surface area contributed by atoms with E-state index in [0.29, 0.717) is 10.6 Å². The maximum absolute atomic E-state index is 8.92. The fraction of sp³-hybridized carbons (Fsp3) is 0.0833. The number of aromatic nitrogens is 2. The monoisotopic (exact) mass is 227 g/mol. The highest BCUT2D eigenvalue weighted by molar-refractivity contribution is 7.99. The number of hydrogen-bond acceptors (Lipinski definition) is 4. The first-order chi connectivity index (χ1) is 7.79. The van der Waals surface area contributed by atoms with Gasteiger partial charge in [-0.05, 0) is 25.1 Å². The molecule has 0 unspecified atom stereocenters. The van der Waals surface area contributed by atoms with E-state index in [0.717, 1.165) is 4.90 Å². The van der Waals surface area contributed by atoms with E-state index >= 15 is 0 Å². The topological polar surface area (TPSA) is 49.6 Å². The second kappa shape index (κ2) is 4.77. The number of rotatable bonds is 2. The number of benzene rings is 1. The molecule has 1 aromatic carbocycles. The predicted molar refractivity (Wildman–Crippen MR) is 62.0 cm³/mol. The van der Waals surface area contributed by atoms with Gasteiger partial charge in [-0.3, -0.25) is 0 Å². The fourth-order valence-electron chi connectivity index (χ4n) is 1.27. The summed E-state index contributed by atoms with van der Waals surface area (Å²) < 4.78 is 0. The van der Waals surface area contributed by atoms with Crippen molar-refractivity contribution in [2.24, 2.45) is 0 Å². The summed E-state index contributed by atoms with van der Waals surface area (Å²) >= 11 is 1.46. The van der Waals surface area contributed by atoms with E-state index in [-0.39, 0.29) is 0 Å². The van der Waals surface area contributed by atoms with Gasteiger partial charge in [0.25, 0.3) is 0 Å². The van der Waals surface area contributed by atoms with Crippen LogP contribution in [0.5, 0.6) is 0 Å². The lowest BCUT2D eigenvalue weighted by Crippen LogP contribution is -1.89. The van der Waals surface area contributed by atoms with Gasteiger partial charge in [-0.1, -0.05) is 29.5 Å². The minimum atomic E-state index is 0.557. The van der Waals surface area contributed by atoms with Crippen LogP contribution in [0.15, 0.2) is 46.5 Å². The van der Waals surface area contributed by atoms with E-state index < -0.39 is 0 Å². The second-order valence-corrected chi connectivity index (χ2v) is 4.34. The average Bonchev–Trinajstić information content (AvgIpc) is 2.30. The van der Waals surface area contributed by atoms with E-state index in [1.165, 1.54) is 23.5 Å². The van der Waals surface area contributed by atoms with E-state index in [9.17, 15) is 0 Å². The maximum Gasteiger partial charge on any atom is 0.141 e. The zero-order valence-electron chi connectivity index (χ0n) is 8.71. The summed E-state index contributed by atoms with van der Waals surface area (Å²) in [7, 11) is 0. The van der Waals surface area contributed by atoms with Crippen LogP contribution in [0.25, 0.3) is 0 Å². The first-order valence-electron chi connectivity index (χ1n) is 4.76. The molecule has 0 radical (unpaired) electrons. The molecule has 0 spiro atoms. The number of aryl methyl sites for hydroxylation is 1. The summed E-state index contributed by atoms with van der Waals surface area (Å²) in [6.45, 7) is 2.03. The van der Waals surface area contributed by atoms with Crippen LogP contribution in [0.4, 0.5) is 0 Å². The van der Waals surface area contributed by atoms with Crippen molar-refractivity contribution in [3.8, 4) is 6.07 Å². The SMILES string of the molecule is Cc1cccc(Sc2nnccc2C#N)c1. The smallest absolute Gasteiger partial charge is 0.141 e. The lowest BCUT2D eigenvalue weighted by molar-refractivity contribution is 0.919. The van der Waals surface area contributed by atoms with Crippen molar-refractivity contribution in [3.05, 3.63) is 47.7 Å². The van der Waals surface area contributed by atoms with Gasteiger partial charge < -0.3 is 0 Å². The highest BCUT2D eigenvalue weighted by Gasteiger charge is 2.05. The van der Waals surface area contributed by atoms with Crippen molar-refractivity contribution in [2.45, 2.75) is 16.8 Å². The molecular weight excluding hydrogens is 218 g/mol. The van der Waals surface area contributed by atoms with Crippen molar-refractivity contribution in [1.29, 1.82) is 5.26 Å². The first kappa shape index (κ1) is 10.7. The predicted octanol–water partition coefficient (Wildman–Crippen LogP) is 2.81. The van der Waals surface area contributed by atoms with Crippen LogP contribution < -0.4 is 0 Å². The minimum Gasteiger partial charge on any atom is -0.192 e. The van der Waals surface area contributed by atoms with Crippen molar-refractivity contribution in [2.75, 3.05) is 0 Å². The van der Waals surface area contributed by atoms with E-state index in [1.807, 2.05) is 25.1 Å². The van der Waals surface area contributed by atoms with Crippen molar-refractivity contribution in [3.63, 3.8) is 0 Å². The van der Waals surface area contributed by atoms with Crippen LogP contribution in [0.1, 0.15) is 11.1 Å². The molecule has 2 aromatic rings. The standard InChI is InChI=1S/C12H9N3S/c1-9-3-2-4-11(7-9)16-12-10(8-13)5-6-14-15-12/h2-7H,1H3. The Kier molecular flexibility index (Phi) is 3.18. The molecule has 1 aromatic heterocycles. The Labute approximate surface area is 98.1 Å². The molecule has 0 bridgehead atoms. The molecule has 0 saturated heterocycles. The second-order valence-electron chi connectivity index (χ2n) is 3.28. The molecule has 3 nitrogen and oxygen atoms in total. The zero-order chi connectivity index (χ0) is 11.4. The molecule has 0 aliphatic rings. The molecule has 0 N–H and O–H groups in total. The van der Waals surface area contributed by atoms with E-state index in [4.69, 9.17) is 5.26 Å². The molecular formula is C12H9N3S. The lowest BCUT2D eigenvalue weighted by atomic mass is 10.2. The lowest BCUT2D eigenvalue weighted by Gasteiger charge is -2.02. The highest BCUT2D eigenvalue weighted by atomic mass is 32.2. The van der Waals surface area contributed by atoms with Crippen LogP contribution in [0, 0.1) is 18.3 Å². The van der Waals surface area contributed by atoms with Gasteiger partial charge in [0.05, 0.1) is 11.8 Å². The molecule has 0 aliphatic carbocycles. The third-order valence-electron chi connectivity index (χ3n) is 2.01. The van der Waals surface area contributed by atoms with Crippen molar-refractivity contribution < 1.29 is 0 Å². The average molecular weight is 227 g/mol. The molecule has 4 heteroatoms. The molecule has 0 saturated carbocycles. The van der Waals surface area contributed by atoms with Gasteiger partial charge in [0.1, 0.15) is 11.1 Å². The van der Waals surface area contributed by atoms with E-state index in [2.05, 4.69) is 22.3 Å². The summed E-state index contributed by atoms with van der Waals surface area (Å²) in [5, 5.41) is 17.3. The van der Waals surface area contributed by atoms with Gasteiger partial charge in [0, 0.05) is 4.90 Å². The van der Waals surface area contributed by atoms with Gasteiger partial charge in [0.15, 0.2) is 0 Å². The summed E-state index contributed by atoms with van der Waals surface area (Å²) in [4.78, 5) is 1.07. The Hall–Kier alpha value is -1.86. The van der Waals surface area contributed by atoms with Crippen molar-refractivity contribution >= 4 is 11.8 Å². The van der Waals surface area contributed by atoms with Crippen LogP contribution in [0.2, 0.25) is 0 Å². The minimum absolute atomic E-state index is 0.557. The molecule has 0 amide bonds. The highest BCUT2D eigenvalue weighted by Crippen LogP contribution is 2.28. The molecule has 0 aliphatic heterocycles. The first-order valence-corrected chi connectivity index (χ1v) is 5.57. The number of hydrogen-bond donors (Lipinski definition) is 0. The van der Waals surface area contributed by atoms with Gasteiger partial charge in [0.2, 0.25) is 0 Å². The Morgan fingerprint density at radius 1 is 1.31 bits per heavy atom. The molecule has 2 rings (SSSR count). The Morgan fingerprint density at radius 2 is 2.19 bits per heavy atom. The van der Waals surface area contributed by atoms with Crippen LogP contribution in [-0.2, 0) is 0 Å². The summed E-state index contributed by atoms with van der Waals surface area (Å²) in [5.41, 5.74) is 1.74. The quantitative estimate of drug-likeness (QED) is 0.791. The molecule has 0 atom stereocenters. The van der Waals surface area contributed by atoms with Gasteiger partial charge in [-0.2, -0.15) is 10.4 Å². The molecule has 1 heterocycles. The summed E-state index contributed by atoms with van der Waals surface area (Å²) in [6.07, 6.45) is 1.53. The van der Waals surface area contributed by atoms with Gasteiger partial charge >= 0.3 is 0 Å². The number of nitriles is 1. The summed E-state index contributed by atoms with van der Waals surface area (Å²) in [5.74, 6) is 0. The largest absolute Gasteiger partial charge is 0.192 e. The van der Waals surface area contributed by atoms with Crippen LogP contribution >= 0.6 is 11.8 Å². The third-order valence-corrected chi connectivity index (χ3v) is 3.00. The zero-order valence-corrected chi connectivity index (χ0v) is 9.53. The van der Waals surface area contributed by atoms with E-state index in [1.54, 1.807) is 6.07 Å². The Balaban J connectivity index is 2.31. The van der Waals surface area contributed by atoms with Crippen LogP contribution in [-0.4, -0.2) is 10.2 Å². The maximum atomic E-state index is 8.92. The van der Waals surface area contributed by atoms with Gasteiger partial charge in [-0.25, -0.2) is 0 Å². The molecule has 78 valence electrons. The van der Waals surface area contributed by atoms with Gasteiger partial charge in [-0.15, -0.1) is 5.10 Å². The number of nitrogens with zero attached hydrogens (tertiary/aromatic N) is 3. The fourth-order valence-corrected chi connectivity index (χ4v) is 2.20. The third kappa shape index (κ3) is 2.38. The Bertz CT molecular complexity index is 546. The van der Waals surface area contributed by atoms with Crippen LogP contribution in [0.3, 0.4) is 0 Å². The van der Waals surface area contributed by atoms with Crippen molar-refractivity contribution in [1.82, 2.24) is 10.2 Å². The Morgan fingerprint density at radius 3 is 2.94 bits per heavy atom. The summed E-state index contributed by atoms with van der Waals surface area (Å²) in [6, 6.07) is 11.8. The normalized spacial score (nSPS) is 9.75. The molecule has 16 heavy (non-hydrogen) atoms. The molecule has 0 fully saturated rings.